The van der Waals surface area contributed by atoms with Crippen LogP contribution in [0.5, 0.6) is 0 Å². The van der Waals surface area contributed by atoms with Crippen molar-refractivity contribution in [1.82, 2.24) is 29.0 Å². The van der Waals surface area contributed by atoms with Crippen LogP contribution in [-0.4, -0.2) is 77.2 Å². The third-order valence-corrected chi connectivity index (χ3v) is 9.26. The summed E-state index contributed by atoms with van der Waals surface area (Å²) in [6.45, 7) is 1.98. The Bertz CT molecular complexity index is 1710. The standard InChI is InChI=1S/C25H23ClF3N7O3S/c26-22-10-18(25(27,28)29)11-23(32-22)33-5-7-34(8-6-33)40(38,39)20-1-2-21-16(9-20)3-4-35(21)24(37)17-12-31-36(15-17)19-13-30-14-19/h1-4,9-12,15,19,30H,5-8,13-14H2. The molecule has 210 valence electrons. The fourth-order valence-electron chi connectivity index (χ4n) is 4.82. The lowest BCUT2D eigenvalue weighted by molar-refractivity contribution is -0.137. The monoisotopic (exact) mass is 593 g/mol. The van der Waals surface area contributed by atoms with Crippen LogP contribution in [-0.2, 0) is 16.2 Å². The minimum Gasteiger partial charge on any atom is -0.354 e. The van der Waals surface area contributed by atoms with Gasteiger partial charge in [-0.25, -0.2) is 13.4 Å². The van der Waals surface area contributed by atoms with Crippen molar-refractivity contribution in [2.75, 3.05) is 44.2 Å². The fourth-order valence-corrected chi connectivity index (χ4v) is 6.48. The number of nitrogens with zero attached hydrogens (tertiary/aromatic N) is 6. The average Bonchev–Trinajstić information content (AvgIpc) is 3.54. The molecule has 2 fully saturated rings. The van der Waals surface area contributed by atoms with Gasteiger partial charge in [-0.15, -0.1) is 0 Å². The Morgan fingerprint density at radius 2 is 1.80 bits per heavy atom. The van der Waals surface area contributed by atoms with Crippen LogP contribution in [0.2, 0.25) is 5.15 Å². The largest absolute Gasteiger partial charge is 0.416 e. The molecule has 0 aliphatic carbocycles. The van der Waals surface area contributed by atoms with Gasteiger partial charge in [-0.2, -0.15) is 22.6 Å². The summed E-state index contributed by atoms with van der Waals surface area (Å²) in [6.07, 6.45) is 0.247. The number of carbonyl (C=O) groups is 1. The summed E-state index contributed by atoms with van der Waals surface area (Å²) >= 11 is 5.81. The van der Waals surface area contributed by atoms with Crippen LogP contribution >= 0.6 is 11.6 Å². The summed E-state index contributed by atoms with van der Waals surface area (Å²) in [4.78, 5) is 18.8. The van der Waals surface area contributed by atoms with E-state index in [1.54, 1.807) is 34.1 Å². The zero-order valence-corrected chi connectivity index (χ0v) is 22.4. The zero-order valence-electron chi connectivity index (χ0n) is 20.8. The number of sulfonamides is 1. The first kappa shape index (κ1) is 26.7. The molecule has 2 aliphatic rings. The number of pyridine rings is 1. The van der Waals surface area contributed by atoms with Gasteiger partial charge >= 0.3 is 6.18 Å². The molecule has 3 aromatic heterocycles. The molecule has 10 nitrogen and oxygen atoms in total. The summed E-state index contributed by atoms with van der Waals surface area (Å²) in [5.74, 6) is -0.234. The number of nitrogens with one attached hydrogen (secondary N) is 1. The van der Waals surface area contributed by atoms with Crippen LogP contribution in [0.4, 0.5) is 19.0 Å². The van der Waals surface area contributed by atoms with Crippen molar-refractivity contribution in [3.05, 3.63) is 71.3 Å². The molecule has 15 heteroatoms. The first-order chi connectivity index (χ1) is 19.0. The molecule has 2 aliphatic heterocycles. The molecule has 40 heavy (non-hydrogen) atoms. The van der Waals surface area contributed by atoms with E-state index in [0.717, 1.165) is 25.2 Å². The molecule has 2 saturated heterocycles. The van der Waals surface area contributed by atoms with E-state index in [-0.39, 0.29) is 54.0 Å². The summed E-state index contributed by atoms with van der Waals surface area (Å²) in [7, 11) is -3.90. The van der Waals surface area contributed by atoms with E-state index >= 15 is 0 Å². The van der Waals surface area contributed by atoms with Crippen molar-refractivity contribution in [3.63, 3.8) is 0 Å². The van der Waals surface area contributed by atoms with E-state index in [2.05, 4.69) is 15.4 Å². The average molecular weight is 594 g/mol. The number of rotatable bonds is 5. The molecule has 0 amide bonds. The van der Waals surface area contributed by atoms with Gasteiger partial charge in [0.2, 0.25) is 10.0 Å². The smallest absolute Gasteiger partial charge is 0.354 e. The number of carbonyl (C=O) groups excluding carboxylic acids is 1. The van der Waals surface area contributed by atoms with Gasteiger partial charge in [0.15, 0.2) is 0 Å². The molecule has 6 rings (SSSR count). The molecule has 0 bridgehead atoms. The van der Waals surface area contributed by atoms with Gasteiger partial charge in [0.05, 0.1) is 33.8 Å². The fraction of sp³-hybridized carbons (Fsp3) is 0.320. The second-order valence-corrected chi connectivity index (χ2v) is 12.0. The summed E-state index contributed by atoms with van der Waals surface area (Å²) in [6, 6.07) is 8.10. The summed E-state index contributed by atoms with van der Waals surface area (Å²) in [5, 5.41) is 7.73. The van der Waals surface area contributed by atoms with Crippen molar-refractivity contribution in [2.45, 2.75) is 17.1 Å². The number of alkyl halides is 3. The van der Waals surface area contributed by atoms with E-state index in [1.807, 2.05) is 0 Å². The van der Waals surface area contributed by atoms with Gasteiger partial charge in [0.25, 0.3) is 5.91 Å². The van der Waals surface area contributed by atoms with Crippen LogP contribution in [0.25, 0.3) is 10.9 Å². The molecule has 0 spiro atoms. The third-order valence-electron chi connectivity index (χ3n) is 7.17. The first-order valence-electron chi connectivity index (χ1n) is 12.4. The maximum absolute atomic E-state index is 13.4. The van der Waals surface area contributed by atoms with E-state index in [0.29, 0.717) is 16.5 Å². The lowest BCUT2D eigenvalue weighted by Gasteiger charge is -2.35. The van der Waals surface area contributed by atoms with Gasteiger partial charge in [-0.05, 0) is 36.4 Å². The predicted octanol–water partition coefficient (Wildman–Crippen LogP) is 3.25. The maximum atomic E-state index is 13.4. The lowest BCUT2D eigenvalue weighted by atomic mass is 10.2. The number of fused-ring (bicyclic) bond motifs is 1. The molecule has 1 aromatic carbocycles. The van der Waals surface area contributed by atoms with Crippen molar-refractivity contribution in [1.29, 1.82) is 0 Å². The molecular formula is C25H23ClF3N7O3S. The van der Waals surface area contributed by atoms with Crippen molar-refractivity contribution >= 4 is 44.3 Å². The second kappa shape index (κ2) is 9.87. The molecule has 5 heterocycles. The molecular weight excluding hydrogens is 571 g/mol. The third kappa shape index (κ3) is 4.85. The van der Waals surface area contributed by atoms with Gasteiger partial charge in [-0.3, -0.25) is 14.0 Å². The van der Waals surface area contributed by atoms with Crippen LogP contribution in [0, 0.1) is 0 Å². The van der Waals surface area contributed by atoms with Crippen LogP contribution in [0.15, 0.2) is 59.9 Å². The first-order valence-corrected chi connectivity index (χ1v) is 14.2. The Morgan fingerprint density at radius 1 is 1.05 bits per heavy atom. The lowest BCUT2D eigenvalue weighted by Crippen LogP contribution is -2.49. The number of hydrogen-bond acceptors (Lipinski definition) is 7. The Morgan fingerprint density at radius 3 is 2.48 bits per heavy atom. The van der Waals surface area contributed by atoms with Gasteiger partial charge < -0.3 is 10.2 Å². The molecule has 4 aromatic rings. The van der Waals surface area contributed by atoms with Crippen LogP contribution in [0.3, 0.4) is 0 Å². The second-order valence-electron chi connectivity index (χ2n) is 9.66. The van der Waals surface area contributed by atoms with Crippen LogP contribution in [0.1, 0.15) is 22.0 Å². The normalized spacial score (nSPS) is 17.4. The predicted molar refractivity (Wildman–Crippen MR) is 141 cm³/mol. The number of aromatic nitrogens is 4. The highest BCUT2D eigenvalue weighted by Gasteiger charge is 2.34. The Kier molecular flexibility index (Phi) is 6.60. The maximum Gasteiger partial charge on any atom is 0.416 e. The van der Waals surface area contributed by atoms with E-state index in [9.17, 15) is 26.4 Å². The highest BCUT2D eigenvalue weighted by Crippen LogP contribution is 2.33. The Hall–Kier alpha value is -3.46. The molecule has 1 N–H and O–H groups in total. The highest BCUT2D eigenvalue weighted by molar-refractivity contribution is 7.89. The molecule has 0 unspecified atom stereocenters. The van der Waals surface area contributed by atoms with Gasteiger partial charge in [0, 0.05) is 57.0 Å². The number of hydrogen-bond donors (Lipinski definition) is 1. The number of halogens is 4. The Labute approximate surface area is 232 Å². The van der Waals surface area contributed by atoms with E-state index in [1.165, 1.54) is 27.2 Å². The number of piperazine rings is 1. The van der Waals surface area contributed by atoms with E-state index in [4.69, 9.17) is 11.6 Å². The quantitative estimate of drug-likeness (QED) is 0.354. The van der Waals surface area contributed by atoms with Crippen LogP contribution < -0.4 is 10.2 Å². The zero-order chi connectivity index (χ0) is 28.2. The molecule has 0 saturated carbocycles. The van der Waals surface area contributed by atoms with E-state index < -0.39 is 21.8 Å². The van der Waals surface area contributed by atoms with Crippen molar-refractivity contribution in [2.24, 2.45) is 0 Å². The van der Waals surface area contributed by atoms with Crippen molar-refractivity contribution in [3.8, 4) is 0 Å². The number of anilines is 1. The SMILES string of the molecule is O=C(c1cnn(C2CNC2)c1)n1ccc2cc(S(=O)(=O)N3CCN(c4cc(C(F)(F)F)cc(Cl)n4)CC3)ccc21. The molecule has 0 radical (unpaired) electrons. The van der Waals surface area contributed by atoms with Gasteiger partial charge in [-0.1, -0.05) is 11.6 Å². The highest BCUT2D eigenvalue weighted by atomic mass is 35.5. The summed E-state index contributed by atoms with van der Waals surface area (Å²) in [5.41, 5.74) is 0.0654. The molecule has 0 atom stereocenters. The summed E-state index contributed by atoms with van der Waals surface area (Å²) < 4.78 is 70.9. The topological polar surface area (TPSA) is 105 Å². The van der Waals surface area contributed by atoms with Crippen molar-refractivity contribution < 1.29 is 26.4 Å². The number of benzene rings is 1. The van der Waals surface area contributed by atoms with Gasteiger partial charge in [0.1, 0.15) is 11.0 Å². The minimum absolute atomic E-state index is 0.0409. The minimum atomic E-state index is -4.58. The Balaban J connectivity index is 1.18.